The van der Waals surface area contributed by atoms with Crippen LogP contribution in [0.2, 0.25) is 12.1 Å². The number of benzene rings is 2. The van der Waals surface area contributed by atoms with E-state index in [1.807, 2.05) is 0 Å². The molecule has 2 aliphatic heterocycles. The van der Waals surface area contributed by atoms with Crippen molar-refractivity contribution in [2.45, 2.75) is 30.7 Å². The second-order valence-electron chi connectivity index (χ2n) is 6.11. The molecule has 0 spiro atoms. The molecule has 2 aromatic rings. The predicted molar refractivity (Wildman–Crippen MR) is 80.8 cm³/mol. The Morgan fingerprint density at radius 3 is 1.89 bits per heavy atom. The number of hydrogen-bond acceptors (Lipinski definition) is 1. The number of rotatable bonds is 2. The monoisotopic (exact) mass is 266 g/mol. The SMILES string of the molecule is CC12C[Si](c3ccccc3)(c3ccccc3)CC1O2. The minimum atomic E-state index is -1.60. The van der Waals surface area contributed by atoms with E-state index >= 15 is 0 Å². The molecular weight excluding hydrogens is 248 g/mol. The van der Waals surface area contributed by atoms with Gasteiger partial charge in [0.15, 0.2) is 0 Å². The molecule has 0 radical (unpaired) electrons. The molecule has 0 aliphatic carbocycles. The Morgan fingerprint density at radius 2 is 1.47 bits per heavy atom. The second kappa shape index (κ2) is 3.81. The molecule has 2 heterocycles. The van der Waals surface area contributed by atoms with Crippen molar-refractivity contribution in [3.63, 3.8) is 0 Å². The van der Waals surface area contributed by atoms with Gasteiger partial charge in [0.05, 0.1) is 11.7 Å². The molecule has 0 amide bonds. The molecule has 0 saturated carbocycles. The van der Waals surface area contributed by atoms with Gasteiger partial charge in [-0.3, -0.25) is 0 Å². The Bertz CT molecular complexity index is 556. The quantitative estimate of drug-likeness (QED) is 0.601. The Hall–Kier alpha value is -1.38. The van der Waals surface area contributed by atoms with E-state index in [9.17, 15) is 0 Å². The van der Waals surface area contributed by atoms with Gasteiger partial charge in [-0.25, -0.2) is 0 Å². The van der Waals surface area contributed by atoms with Crippen molar-refractivity contribution < 1.29 is 4.74 Å². The molecule has 0 bridgehead atoms. The van der Waals surface area contributed by atoms with E-state index in [1.54, 1.807) is 10.4 Å². The molecule has 2 aromatic carbocycles. The number of hydrogen-bond donors (Lipinski definition) is 0. The van der Waals surface area contributed by atoms with Gasteiger partial charge >= 0.3 is 0 Å². The number of fused-ring (bicyclic) bond motifs is 1. The van der Waals surface area contributed by atoms with Crippen LogP contribution >= 0.6 is 0 Å². The zero-order chi connectivity index (χ0) is 12.9. The Balaban J connectivity index is 1.86. The average Bonchev–Trinajstić information content (AvgIpc) is 2.99. The zero-order valence-electron chi connectivity index (χ0n) is 11.2. The lowest BCUT2D eigenvalue weighted by Crippen LogP contribution is -2.57. The third-order valence-electron chi connectivity index (χ3n) is 4.87. The van der Waals surface area contributed by atoms with Crippen LogP contribution in [0, 0.1) is 0 Å². The highest BCUT2D eigenvalue weighted by Gasteiger charge is 2.66. The lowest BCUT2D eigenvalue weighted by Gasteiger charge is -2.30. The van der Waals surface area contributed by atoms with Crippen LogP contribution in [-0.2, 0) is 4.74 Å². The predicted octanol–water partition coefficient (Wildman–Crippen LogP) is 2.42. The third-order valence-corrected chi connectivity index (χ3v) is 10.1. The summed E-state index contributed by atoms with van der Waals surface area (Å²) in [6.07, 6.45) is 0.500. The normalized spacial score (nSPS) is 30.9. The molecule has 1 nitrogen and oxygen atoms in total. The number of ether oxygens (including phenoxy) is 1. The maximum absolute atomic E-state index is 5.87. The largest absolute Gasteiger partial charge is 0.367 e. The van der Waals surface area contributed by atoms with E-state index in [2.05, 4.69) is 67.6 Å². The molecule has 19 heavy (non-hydrogen) atoms. The average molecular weight is 266 g/mol. The maximum Gasteiger partial charge on any atom is 0.123 e. The van der Waals surface area contributed by atoms with Crippen LogP contribution in [0.4, 0.5) is 0 Å². The summed E-state index contributed by atoms with van der Waals surface area (Å²) < 4.78 is 5.87. The topological polar surface area (TPSA) is 12.5 Å². The Labute approximate surface area is 115 Å². The van der Waals surface area contributed by atoms with Crippen molar-refractivity contribution in [3.8, 4) is 0 Å². The van der Waals surface area contributed by atoms with E-state index in [0.717, 1.165) is 0 Å². The van der Waals surface area contributed by atoms with Crippen molar-refractivity contribution in [1.29, 1.82) is 0 Å². The molecule has 0 aromatic heterocycles. The van der Waals surface area contributed by atoms with E-state index in [1.165, 1.54) is 12.1 Å². The molecule has 2 fully saturated rings. The van der Waals surface area contributed by atoms with E-state index in [4.69, 9.17) is 4.74 Å². The molecule has 0 N–H and O–H groups in total. The van der Waals surface area contributed by atoms with Crippen LogP contribution in [0.15, 0.2) is 60.7 Å². The van der Waals surface area contributed by atoms with Crippen molar-refractivity contribution in [2.24, 2.45) is 0 Å². The van der Waals surface area contributed by atoms with Crippen LogP contribution in [0.5, 0.6) is 0 Å². The lowest BCUT2D eigenvalue weighted by atomic mass is 10.2. The van der Waals surface area contributed by atoms with E-state index < -0.39 is 8.07 Å². The van der Waals surface area contributed by atoms with E-state index in [-0.39, 0.29) is 5.60 Å². The van der Waals surface area contributed by atoms with Gasteiger partial charge in [0.25, 0.3) is 0 Å². The second-order valence-corrected chi connectivity index (χ2v) is 10.2. The smallest absolute Gasteiger partial charge is 0.123 e. The van der Waals surface area contributed by atoms with Gasteiger partial charge in [-0.1, -0.05) is 71.0 Å². The van der Waals surface area contributed by atoms with Crippen molar-refractivity contribution in [1.82, 2.24) is 0 Å². The van der Waals surface area contributed by atoms with Crippen LogP contribution in [0.1, 0.15) is 6.92 Å². The van der Waals surface area contributed by atoms with E-state index in [0.29, 0.717) is 6.10 Å². The molecule has 2 heteroatoms. The summed E-state index contributed by atoms with van der Waals surface area (Å²) in [7, 11) is -1.60. The summed E-state index contributed by atoms with van der Waals surface area (Å²) in [5.41, 5.74) is 0.165. The van der Waals surface area contributed by atoms with Gasteiger partial charge in [-0.05, 0) is 19.0 Å². The zero-order valence-corrected chi connectivity index (χ0v) is 12.2. The first-order valence-electron chi connectivity index (χ1n) is 7.02. The Morgan fingerprint density at radius 1 is 0.947 bits per heavy atom. The van der Waals surface area contributed by atoms with Crippen molar-refractivity contribution in [2.75, 3.05) is 0 Å². The van der Waals surface area contributed by atoms with Crippen molar-refractivity contribution in [3.05, 3.63) is 60.7 Å². The van der Waals surface area contributed by atoms with Crippen LogP contribution < -0.4 is 10.4 Å². The molecule has 2 aliphatic rings. The fourth-order valence-corrected chi connectivity index (χ4v) is 9.49. The fourth-order valence-electron chi connectivity index (χ4n) is 3.81. The maximum atomic E-state index is 5.87. The molecule has 96 valence electrons. The summed E-state index contributed by atoms with van der Waals surface area (Å²) in [4.78, 5) is 0. The molecule has 4 rings (SSSR count). The first-order chi connectivity index (χ1) is 9.23. The number of epoxide rings is 1. The Kier molecular flexibility index (Phi) is 2.29. The van der Waals surface area contributed by atoms with Gasteiger partial charge in [-0.15, -0.1) is 0 Å². The molecule has 2 unspecified atom stereocenters. The summed E-state index contributed by atoms with van der Waals surface area (Å²) in [6.45, 7) is 2.29. The minimum absolute atomic E-state index is 0.165. The summed E-state index contributed by atoms with van der Waals surface area (Å²) in [5, 5.41) is 3.14. The molecule has 2 atom stereocenters. The lowest BCUT2D eigenvalue weighted by molar-refractivity contribution is 0.318. The van der Waals surface area contributed by atoms with Crippen LogP contribution in [0.3, 0.4) is 0 Å². The summed E-state index contributed by atoms with van der Waals surface area (Å²) in [6, 6.07) is 24.7. The highest BCUT2D eigenvalue weighted by Crippen LogP contribution is 2.54. The first kappa shape index (κ1) is 11.4. The summed E-state index contributed by atoms with van der Waals surface area (Å²) in [5.74, 6) is 0. The first-order valence-corrected chi connectivity index (χ1v) is 9.43. The minimum Gasteiger partial charge on any atom is -0.367 e. The molecular formula is C17H18OSi. The highest BCUT2D eigenvalue weighted by atomic mass is 28.3. The highest BCUT2D eigenvalue weighted by molar-refractivity contribution is 7.03. The molecule has 2 saturated heterocycles. The standard InChI is InChI=1S/C17H18OSi/c1-17-13-19(12-16(17)18-17,14-8-4-2-5-9-14)15-10-6-3-7-11-15/h2-11,16H,12-13H2,1H3. The van der Waals surface area contributed by atoms with Gasteiger partial charge < -0.3 is 4.74 Å². The van der Waals surface area contributed by atoms with Gasteiger partial charge in [0.1, 0.15) is 8.07 Å². The van der Waals surface area contributed by atoms with Crippen LogP contribution in [0.25, 0.3) is 0 Å². The summed E-state index contributed by atoms with van der Waals surface area (Å²) >= 11 is 0. The van der Waals surface area contributed by atoms with Crippen molar-refractivity contribution >= 4 is 18.4 Å². The van der Waals surface area contributed by atoms with Gasteiger partial charge in [0.2, 0.25) is 0 Å². The third kappa shape index (κ3) is 1.63. The fraction of sp³-hybridized carbons (Fsp3) is 0.294. The van der Waals surface area contributed by atoms with Gasteiger partial charge in [0, 0.05) is 0 Å². The van der Waals surface area contributed by atoms with Crippen LogP contribution in [-0.4, -0.2) is 19.8 Å². The van der Waals surface area contributed by atoms with Gasteiger partial charge in [-0.2, -0.15) is 0 Å².